The van der Waals surface area contributed by atoms with Gasteiger partial charge in [0.25, 0.3) is 0 Å². The number of benzene rings is 6. The van der Waals surface area contributed by atoms with Crippen LogP contribution < -0.4 is 36.0 Å². The van der Waals surface area contributed by atoms with Crippen molar-refractivity contribution in [2.24, 2.45) is 0 Å². The van der Waals surface area contributed by atoms with E-state index in [4.69, 9.17) is 0 Å². The summed E-state index contributed by atoms with van der Waals surface area (Å²) < 4.78 is 0. The third kappa shape index (κ3) is 7.10. The predicted octanol–water partition coefficient (Wildman–Crippen LogP) is 4.37. The molecular formula is C42H45NSi3. The molecule has 6 aromatic carbocycles. The van der Waals surface area contributed by atoms with E-state index < -0.39 is 28.6 Å². The van der Waals surface area contributed by atoms with Crippen molar-refractivity contribution in [3.05, 3.63) is 161 Å². The summed E-state index contributed by atoms with van der Waals surface area (Å²) in [6, 6.07) is 48.4. The second kappa shape index (κ2) is 14.0. The maximum absolute atomic E-state index is 2.43. The van der Waals surface area contributed by atoms with Crippen LogP contribution in [0.2, 0.25) is 0 Å². The SMILES string of the molecule is Cc1cccc([SiH2]c2ccc(N(c3ccc([SiH2]c4cccc(C)c4C)cc3)c3ccc([SiH2]c4cccc(C)c4C)cc3)cc2)c1C. The highest BCUT2D eigenvalue weighted by molar-refractivity contribution is 6.68. The van der Waals surface area contributed by atoms with Gasteiger partial charge in [-0.1, -0.05) is 122 Å². The first-order valence-corrected chi connectivity index (χ1v) is 20.7. The Morgan fingerprint density at radius 2 is 0.587 bits per heavy atom. The molecule has 230 valence electrons. The van der Waals surface area contributed by atoms with E-state index in [1.807, 2.05) is 0 Å². The average molecular weight is 648 g/mol. The molecule has 0 unspecified atom stereocenters. The van der Waals surface area contributed by atoms with Crippen LogP contribution in [0.3, 0.4) is 0 Å². The fourth-order valence-electron chi connectivity index (χ4n) is 6.41. The van der Waals surface area contributed by atoms with Crippen molar-refractivity contribution in [3.63, 3.8) is 0 Å². The van der Waals surface area contributed by atoms with E-state index in [0.29, 0.717) is 0 Å². The van der Waals surface area contributed by atoms with Gasteiger partial charge in [-0.3, -0.25) is 0 Å². The molecule has 0 spiro atoms. The number of hydrogen-bond donors (Lipinski definition) is 0. The van der Waals surface area contributed by atoms with Crippen molar-refractivity contribution in [2.75, 3.05) is 4.90 Å². The van der Waals surface area contributed by atoms with Crippen molar-refractivity contribution in [2.45, 2.75) is 41.5 Å². The van der Waals surface area contributed by atoms with Gasteiger partial charge in [0.05, 0.1) is 28.6 Å². The standard InChI is InChI=1S/C42H45NSi3/c1-28-10-7-13-40(31(28)4)44-37-22-16-34(17-23-37)43(35-18-24-38(25-19-35)45-41-14-8-11-29(2)32(41)5)36-20-26-39(27-21-36)46-42-15-9-12-30(3)33(42)6/h7-27H,44-46H2,1-6H3. The van der Waals surface area contributed by atoms with E-state index in [1.165, 1.54) is 81.6 Å². The Bertz CT molecular complexity index is 1730. The van der Waals surface area contributed by atoms with Crippen LogP contribution in [0.1, 0.15) is 33.4 Å². The Hall–Kier alpha value is -4.23. The average Bonchev–Trinajstić information content (AvgIpc) is 3.06. The predicted molar refractivity (Wildman–Crippen MR) is 212 cm³/mol. The Kier molecular flexibility index (Phi) is 9.69. The summed E-state index contributed by atoms with van der Waals surface area (Å²) >= 11 is 0. The minimum absolute atomic E-state index is 0.541. The van der Waals surface area contributed by atoms with Crippen molar-refractivity contribution in [1.29, 1.82) is 0 Å². The van der Waals surface area contributed by atoms with E-state index >= 15 is 0 Å². The van der Waals surface area contributed by atoms with Crippen molar-refractivity contribution in [1.82, 2.24) is 0 Å². The van der Waals surface area contributed by atoms with E-state index in [2.05, 4.69) is 174 Å². The highest BCUT2D eigenvalue weighted by Crippen LogP contribution is 2.33. The summed E-state index contributed by atoms with van der Waals surface area (Å²) in [6.45, 7) is 13.5. The highest BCUT2D eigenvalue weighted by atomic mass is 28.2. The van der Waals surface area contributed by atoms with Crippen LogP contribution in [0.15, 0.2) is 127 Å². The molecule has 0 aliphatic rings. The van der Waals surface area contributed by atoms with Crippen LogP contribution in [-0.2, 0) is 0 Å². The van der Waals surface area contributed by atoms with Gasteiger partial charge in [0, 0.05) is 17.1 Å². The first-order chi connectivity index (χ1) is 22.3. The maximum Gasteiger partial charge on any atom is 0.0878 e. The lowest BCUT2D eigenvalue weighted by Gasteiger charge is -2.26. The van der Waals surface area contributed by atoms with Crippen molar-refractivity contribution >= 4 is 76.7 Å². The van der Waals surface area contributed by atoms with Crippen LogP contribution in [0.25, 0.3) is 0 Å². The molecular weight excluding hydrogens is 603 g/mol. The Labute approximate surface area is 282 Å². The number of hydrogen-bond acceptors (Lipinski definition) is 1. The first-order valence-electron chi connectivity index (χ1n) is 16.5. The maximum atomic E-state index is 2.43. The van der Waals surface area contributed by atoms with E-state index in [9.17, 15) is 0 Å². The molecule has 1 nitrogen and oxygen atoms in total. The fourth-order valence-corrected chi connectivity index (χ4v) is 11.5. The lowest BCUT2D eigenvalue weighted by Crippen LogP contribution is -2.30. The van der Waals surface area contributed by atoms with E-state index in [-0.39, 0.29) is 0 Å². The minimum Gasteiger partial charge on any atom is -0.311 e. The van der Waals surface area contributed by atoms with Gasteiger partial charge >= 0.3 is 0 Å². The van der Waals surface area contributed by atoms with Gasteiger partial charge in [-0.2, -0.15) is 0 Å². The van der Waals surface area contributed by atoms with Gasteiger partial charge in [0.2, 0.25) is 0 Å². The molecule has 0 aliphatic carbocycles. The molecule has 0 atom stereocenters. The highest BCUT2D eigenvalue weighted by Gasteiger charge is 2.14. The summed E-state index contributed by atoms with van der Waals surface area (Å²) in [4.78, 5) is 2.43. The summed E-state index contributed by atoms with van der Waals surface area (Å²) in [5.41, 5.74) is 12.1. The smallest absolute Gasteiger partial charge is 0.0878 e. The Morgan fingerprint density at radius 1 is 0.326 bits per heavy atom. The van der Waals surface area contributed by atoms with Crippen molar-refractivity contribution < 1.29 is 0 Å². The minimum atomic E-state index is -0.541. The number of rotatable bonds is 9. The number of aryl methyl sites for hydroxylation is 3. The molecule has 4 heteroatoms. The summed E-state index contributed by atoms with van der Waals surface area (Å²) in [5.74, 6) is 0. The van der Waals surface area contributed by atoms with Gasteiger partial charge in [0.1, 0.15) is 0 Å². The van der Waals surface area contributed by atoms with Crippen LogP contribution >= 0.6 is 0 Å². The Morgan fingerprint density at radius 3 is 0.848 bits per heavy atom. The zero-order valence-electron chi connectivity index (χ0n) is 28.2. The molecule has 0 heterocycles. The molecule has 0 fully saturated rings. The lowest BCUT2D eigenvalue weighted by atomic mass is 10.1. The molecule has 0 radical (unpaired) electrons. The van der Waals surface area contributed by atoms with Crippen LogP contribution in [0.4, 0.5) is 17.1 Å². The largest absolute Gasteiger partial charge is 0.311 e. The molecule has 6 aromatic rings. The third-order valence-electron chi connectivity index (χ3n) is 9.92. The zero-order valence-corrected chi connectivity index (χ0v) is 32.4. The van der Waals surface area contributed by atoms with Crippen molar-refractivity contribution in [3.8, 4) is 0 Å². The molecule has 0 aromatic heterocycles. The molecule has 0 amide bonds. The van der Waals surface area contributed by atoms with E-state index in [1.54, 1.807) is 0 Å². The quantitative estimate of drug-likeness (QED) is 0.211. The zero-order chi connectivity index (χ0) is 32.2. The second-order valence-electron chi connectivity index (χ2n) is 12.9. The molecule has 0 N–H and O–H groups in total. The van der Waals surface area contributed by atoms with Crippen LogP contribution in [-0.4, -0.2) is 28.6 Å². The van der Waals surface area contributed by atoms with Gasteiger partial charge in [-0.25, -0.2) is 0 Å². The molecule has 0 saturated heterocycles. The van der Waals surface area contributed by atoms with E-state index in [0.717, 1.165) is 0 Å². The molecule has 6 rings (SSSR count). The topological polar surface area (TPSA) is 3.24 Å². The normalized spacial score (nSPS) is 11.9. The first kappa shape index (κ1) is 31.7. The molecule has 46 heavy (non-hydrogen) atoms. The summed E-state index contributed by atoms with van der Waals surface area (Å²) in [7, 11) is -1.62. The van der Waals surface area contributed by atoms with Gasteiger partial charge in [-0.05, 0) is 111 Å². The fraction of sp³-hybridized carbons (Fsp3) is 0.143. The van der Waals surface area contributed by atoms with Crippen LogP contribution in [0.5, 0.6) is 0 Å². The summed E-state index contributed by atoms with van der Waals surface area (Å²) in [5, 5.41) is 9.04. The number of anilines is 3. The third-order valence-corrected chi connectivity index (χ3v) is 16.0. The number of nitrogens with zero attached hydrogens (tertiary/aromatic N) is 1. The van der Waals surface area contributed by atoms with Gasteiger partial charge < -0.3 is 4.90 Å². The monoisotopic (exact) mass is 647 g/mol. The van der Waals surface area contributed by atoms with Gasteiger partial charge in [0.15, 0.2) is 0 Å². The summed E-state index contributed by atoms with van der Waals surface area (Å²) in [6.07, 6.45) is 0. The molecule has 0 bridgehead atoms. The van der Waals surface area contributed by atoms with Gasteiger partial charge in [-0.15, -0.1) is 0 Å². The Balaban J connectivity index is 1.31. The molecule has 0 saturated carbocycles. The van der Waals surface area contributed by atoms with Crippen LogP contribution in [0, 0.1) is 41.5 Å². The molecule has 0 aliphatic heterocycles. The second-order valence-corrected chi connectivity index (χ2v) is 18.7. The lowest BCUT2D eigenvalue weighted by molar-refractivity contribution is 1.29.